The molecule has 26 heavy (non-hydrogen) atoms. The molecule has 2 aromatic heterocycles. The highest BCUT2D eigenvalue weighted by Gasteiger charge is 2.36. The molecular formula is C19H24N6O. The van der Waals surface area contributed by atoms with E-state index in [1.54, 1.807) is 6.20 Å². The highest BCUT2D eigenvalue weighted by atomic mass is 16.3. The summed E-state index contributed by atoms with van der Waals surface area (Å²) in [4.78, 5) is 10.9. The van der Waals surface area contributed by atoms with Crippen LogP contribution in [0.25, 0.3) is 11.0 Å². The van der Waals surface area contributed by atoms with Gasteiger partial charge in [0, 0.05) is 18.5 Å². The van der Waals surface area contributed by atoms with Crippen LogP contribution in [0, 0.1) is 5.41 Å². The Morgan fingerprint density at radius 1 is 1.23 bits per heavy atom. The molecule has 0 unspecified atom stereocenters. The fraction of sp³-hybridized carbons (Fsp3) is 0.421. The molecule has 1 aliphatic heterocycles. The lowest BCUT2D eigenvalue weighted by Crippen LogP contribution is -2.46. The third-order valence-corrected chi connectivity index (χ3v) is 5.39. The molecule has 4 N–H and O–H groups in total. The molecule has 1 aliphatic rings. The van der Waals surface area contributed by atoms with Crippen LogP contribution in [0.3, 0.4) is 0 Å². The molecule has 4 rings (SSSR count). The summed E-state index contributed by atoms with van der Waals surface area (Å²) in [5.74, 6) is 1.04. The maximum atomic E-state index is 10.2. The van der Waals surface area contributed by atoms with Crippen molar-refractivity contribution in [3.05, 3.63) is 42.1 Å². The number of piperidine rings is 1. The summed E-state index contributed by atoms with van der Waals surface area (Å²) in [6.45, 7) is 1.82. The third kappa shape index (κ3) is 3.22. The van der Waals surface area contributed by atoms with E-state index < -0.39 is 0 Å². The molecule has 0 saturated carbocycles. The summed E-state index contributed by atoms with van der Waals surface area (Å²) in [6, 6.07) is 10.4. The van der Waals surface area contributed by atoms with E-state index in [9.17, 15) is 5.11 Å². The van der Waals surface area contributed by atoms with Gasteiger partial charge in [0.25, 0.3) is 0 Å². The number of H-pyrrole nitrogens is 1. The first-order valence-corrected chi connectivity index (χ1v) is 9.05. The fourth-order valence-electron chi connectivity index (χ4n) is 3.93. The molecule has 0 bridgehead atoms. The number of aromatic amines is 1. The van der Waals surface area contributed by atoms with Crippen LogP contribution in [-0.4, -0.2) is 45.0 Å². The minimum atomic E-state index is -0.135. The molecule has 1 aromatic carbocycles. The Morgan fingerprint density at radius 2 is 2.08 bits per heavy atom. The second-order valence-corrected chi connectivity index (χ2v) is 7.21. The highest BCUT2D eigenvalue weighted by Crippen LogP contribution is 2.37. The quantitative estimate of drug-likeness (QED) is 0.650. The van der Waals surface area contributed by atoms with Crippen molar-refractivity contribution in [1.29, 1.82) is 0 Å². The van der Waals surface area contributed by atoms with Crippen molar-refractivity contribution in [3.8, 4) is 0 Å². The molecule has 136 valence electrons. The van der Waals surface area contributed by atoms with E-state index in [1.807, 2.05) is 6.07 Å². The molecule has 3 heterocycles. The van der Waals surface area contributed by atoms with Crippen molar-refractivity contribution < 1.29 is 5.11 Å². The molecule has 7 nitrogen and oxygen atoms in total. The second-order valence-electron chi connectivity index (χ2n) is 7.21. The van der Waals surface area contributed by atoms with E-state index in [1.165, 1.54) is 5.56 Å². The van der Waals surface area contributed by atoms with E-state index >= 15 is 0 Å². The lowest BCUT2D eigenvalue weighted by atomic mass is 9.76. The average molecular weight is 352 g/mol. The van der Waals surface area contributed by atoms with E-state index in [4.69, 9.17) is 5.73 Å². The normalized spacial score (nSPS) is 20.6. The van der Waals surface area contributed by atoms with E-state index in [0.29, 0.717) is 5.65 Å². The number of fused-ring (bicyclic) bond motifs is 1. The second kappa shape index (κ2) is 6.92. The van der Waals surface area contributed by atoms with Gasteiger partial charge in [0.1, 0.15) is 5.82 Å². The predicted octanol–water partition coefficient (Wildman–Crippen LogP) is 2.15. The van der Waals surface area contributed by atoms with Gasteiger partial charge in [-0.05, 0) is 31.2 Å². The van der Waals surface area contributed by atoms with Crippen LogP contribution < -0.4 is 10.6 Å². The molecule has 0 spiro atoms. The SMILES string of the molecule is Nc1nc(N2CCC[C@@](CO)(CCc3ccccc3)C2)c2cn[nH]c2n1. The van der Waals surface area contributed by atoms with Gasteiger partial charge in [-0.3, -0.25) is 5.10 Å². The van der Waals surface area contributed by atoms with Gasteiger partial charge in [-0.2, -0.15) is 15.1 Å². The van der Waals surface area contributed by atoms with E-state index in [-0.39, 0.29) is 18.0 Å². The molecular weight excluding hydrogens is 328 g/mol. The number of aryl methyl sites for hydroxylation is 1. The zero-order valence-corrected chi connectivity index (χ0v) is 14.7. The number of nitrogen functional groups attached to an aromatic ring is 1. The molecule has 0 radical (unpaired) electrons. The summed E-state index contributed by atoms with van der Waals surface area (Å²) in [6.07, 6.45) is 5.67. The monoisotopic (exact) mass is 352 g/mol. The third-order valence-electron chi connectivity index (χ3n) is 5.39. The number of aromatic nitrogens is 4. The van der Waals surface area contributed by atoms with Crippen molar-refractivity contribution in [1.82, 2.24) is 20.2 Å². The number of hydrogen-bond acceptors (Lipinski definition) is 6. The van der Waals surface area contributed by atoms with Crippen LogP contribution in [0.4, 0.5) is 11.8 Å². The summed E-state index contributed by atoms with van der Waals surface area (Å²) in [5, 5.41) is 18.0. The first kappa shape index (κ1) is 16.8. The van der Waals surface area contributed by atoms with Crippen LogP contribution >= 0.6 is 0 Å². The minimum absolute atomic E-state index is 0.135. The lowest BCUT2D eigenvalue weighted by Gasteiger charge is -2.42. The summed E-state index contributed by atoms with van der Waals surface area (Å²) >= 11 is 0. The average Bonchev–Trinajstić information content (AvgIpc) is 3.15. The van der Waals surface area contributed by atoms with Gasteiger partial charge in [0.15, 0.2) is 5.65 Å². The van der Waals surface area contributed by atoms with Gasteiger partial charge in [-0.15, -0.1) is 0 Å². The Balaban J connectivity index is 1.58. The first-order valence-electron chi connectivity index (χ1n) is 9.05. The molecule has 0 aliphatic carbocycles. The van der Waals surface area contributed by atoms with E-state index in [2.05, 4.69) is 49.3 Å². The number of benzene rings is 1. The molecule has 3 aromatic rings. The van der Waals surface area contributed by atoms with Crippen LogP contribution in [0.15, 0.2) is 36.5 Å². The highest BCUT2D eigenvalue weighted by molar-refractivity contribution is 5.87. The van der Waals surface area contributed by atoms with E-state index in [0.717, 1.165) is 50.0 Å². The minimum Gasteiger partial charge on any atom is -0.396 e. The Bertz CT molecular complexity index is 880. The van der Waals surface area contributed by atoms with Crippen molar-refractivity contribution in [2.24, 2.45) is 5.41 Å². The number of anilines is 2. The van der Waals surface area contributed by atoms with Gasteiger partial charge in [0.2, 0.25) is 5.95 Å². The van der Waals surface area contributed by atoms with Crippen LogP contribution in [-0.2, 0) is 6.42 Å². The smallest absolute Gasteiger partial charge is 0.224 e. The van der Waals surface area contributed by atoms with Crippen LogP contribution in [0.1, 0.15) is 24.8 Å². The maximum Gasteiger partial charge on any atom is 0.224 e. The van der Waals surface area contributed by atoms with Crippen LogP contribution in [0.2, 0.25) is 0 Å². The maximum absolute atomic E-state index is 10.2. The largest absolute Gasteiger partial charge is 0.396 e. The first-order chi connectivity index (χ1) is 12.7. The van der Waals surface area contributed by atoms with Crippen molar-refractivity contribution in [2.45, 2.75) is 25.7 Å². The Morgan fingerprint density at radius 3 is 2.88 bits per heavy atom. The Kier molecular flexibility index (Phi) is 4.46. The predicted molar refractivity (Wildman–Crippen MR) is 102 cm³/mol. The van der Waals surface area contributed by atoms with Gasteiger partial charge < -0.3 is 15.7 Å². The van der Waals surface area contributed by atoms with Crippen molar-refractivity contribution >= 4 is 22.8 Å². The van der Waals surface area contributed by atoms with Gasteiger partial charge in [0.05, 0.1) is 18.2 Å². The summed E-state index contributed by atoms with van der Waals surface area (Å²) in [7, 11) is 0. The molecule has 1 atom stereocenters. The lowest BCUT2D eigenvalue weighted by molar-refractivity contribution is 0.0964. The Labute approximate surface area is 152 Å². The van der Waals surface area contributed by atoms with Gasteiger partial charge in [-0.1, -0.05) is 30.3 Å². The zero-order valence-electron chi connectivity index (χ0n) is 14.7. The number of nitrogens with one attached hydrogen (secondary N) is 1. The number of aliphatic hydroxyl groups is 1. The molecule has 0 amide bonds. The van der Waals surface area contributed by atoms with Crippen molar-refractivity contribution in [2.75, 3.05) is 30.3 Å². The summed E-state index contributed by atoms with van der Waals surface area (Å²) < 4.78 is 0. The standard InChI is InChI=1S/C19H24N6O/c20-18-22-16-15(11-21-24-16)17(23-18)25-10-4-8-19(12-25,13-26)9-7-14-5-2-1-3-6-14/h1-3,5-6,11,26H,4,7-10,12-13H2,(H3,20,21,22,23,24)/t19-/m1/s1. The number of hydrogen-bond donors (Lipinski definition) is 3. The fourth-order valence-corrected chi connectivity index (χ4v) is 3.93. The number of aliphatic hydroxyl groups excluding tert-OH is 1. The van der Waals surface area contributed by atoms with Gasteiger partial charge >= 0.3 is 0 Å². The number of nitrogens with two attached hydrogens (primary N) is 1. The number of rotatable bonds is 5. The number of nitrogens with zero attached hydrogens (tertiary/aromatic N) is 4. The van der Waals surface area contributed by atoms with Gasteiger partial charge in [-0.25, -0.2) is 0 Å². The summed E-state index contributed by atoms with van der Waals surface area (Å²) in [5.41, 5.74) is 7.70. The topological polar surface area (TPSA) is 104 Å². The Hall–Kier alpha value is -2.67. The van der Waals surface area contributed by atoms with Crippen molar-refractivity contribution in [3.63, 3.8) is 0 Å². The molecule has 1 fully saturated rings. The van der Waals surface area contributed by atoms with Crippen LogP contribution in [0.5, 0.6) is 0 Å². The zero-order chi connectivity index (χ0) is 18.0. The molecule has 7 heteroatoms. The molecule has 1 saturated heterocycles.